The smallest absolute Gasteiger partial charge is 0.408 e. The molecule has 2 fully saturated rings. The van der Waals surface area contributed by atoms with Crippen LogP contribution in [-0.2, 0) is 20.9 Å². The number of carbonyl (C=O) groups is 3. The quantitative estimate of drug-likeness (QED) is 0.208. The lowest BCUT2D eigenvalue weighted by molar-refractivity contribution is -0.139. The van der Waals surface area contributed by atoms with E-state index in [0.29, 0.717) is 42.8 Å². The Hall–Kier alpha value is -3.95. The highest BCUT2D eigenvalue weighted by atomic mass is 16.5. The number of nitrogens with zero attached hydrogens (tertiary/aromatic N) is 2. The van der Waals surface area contributed by atoms with Crippen molar-refractivity contribution in [3.63, 3.8) is 0 Å². The van der Waals surface area contributed by atoms with Gasteiger partial charge in [0.25, 0.3) is 0 Å². The maximum atomic E-state index is 13.2. The molecule has 240 valence electrons. The van der Waals surface area contributed by atoms with Crippen molar-refractivity contribution >= 4 is 29.5 Å². The molecule has 0 spiro atoms. The standard InChI is InChI=1S/C35H45N5O5/c1-35-20-24(9-5-6-10-29(32(42)43)38-34(44)45-21-22-7-3-2-4-8-22)31-26-14-12-25(39-40-33-36-17-18-37-33)19-23(26)11-13-27(31)28(35)15-16-30(35)41/h2-4,7-8,19,24,27-29H,5-6,9-18,20-21H2,1H3,(H,38,44)(H,42,43)(H2,36,37,40)/t24-,27-,28-,29?,35-/m0/s1. The lowest BCUT2D eigenvalue weighted by atomic mass is 9.53. The van der Waals surface area contributed by atoms with Crippen molar-refractivity contribution in [1.29, 1.82) is 0 Å². The molecule has 45 heavy (non-hydrogen) atoms. The monoisotopic (exact) mass is 615 g/mol. The van der Waals surface area contributed by atoms with Gasteiger partial charge in [0.2, 0.25) is 5.96 Å². The molecule has 6 rings (SSSR count). The fraction of sp³-hybridized carbons (Fsp3) is 0.571. The van der Waals surface area contributed by atoms with Crippen LogP contribution in [-0.4, -0.2) is 53.8 Å². The molecule has 4 N–H and O–H groups in total. The van der Waals surface area contributed by atoms with Crippen LogP contribution in [0.5, 0.6) is 0 Å². The first-order chi connectivity index (χ1) is 21.8. The number of hydrazone groups is 1. The van der Waals surface area contributed by atoms with E-state index in [2.05, 4.69) is 39.2 Å². The Labute approximate surface area is 264 Å². The van der Waals surface area contributed by atoms with E-state index in [0.717, 1.165) is 81.7 Å². The highest BCUT2D eigenvalue weighted by molar-refractivity contribution is 5.98. The van der Waals surface area contributed by atoms with Gasteiger partial charge in [-0.05, 0) is 91.9 Å². The van der Waals surface area contributed by atoms with Crippen LogP contribution in [0.15, 0.2) is 63.2 Å². The molecule has 5 aliphatic rings. The number of ketones is 1. The molecule has 1 aliphatic heterocycles. The number of ether oxygens (including phenoxy) is 1. The van der Waals surface area contributed by atoms with Crippen molar-refractivity contribution in [2.24, 2.45) is 33.3 Å². The molecular formula is C35H45N5O5. The summed E-state index contributed by atoms with van der Waals surface area (Å²) in [6.07, 6.45) is 10.7. The number of hydrogen-bond acceptors (Lipinski definition) is 8. The number of Topliss-reactive ketones (excluding diaryl/α,β-unsaturated/α-hetero) is 1. The van der Waals surface area contributed by atoms with E-state index in [1.165, 1.54) is 11.1 Å². The Morgan fingerprint density at radius 3 is 2.78 bits per heavy atom. The molecule has 1 aromatic carbocycles. The van der Waals surface area contributed by atoms with Crippen molar-refractivity contribution < 1.29 is 24.2 Å². The van der Waals surface area contributed by atoms with E-state index in [9.17, 15) is 19.5 Å². The molecule has 0 radical (unpaired) electrons. The number of hydrogen-bond donors (Lipinski definition) is 4. The van der Waals surface area contributed by atoms with E-state index in [4.69, 9.17) is 4.74 Å². The topological polar surface area (TPSA) is 141 Å². The molecule has 1 amide bonds. The predicted octanol–water partition coefficient (Wildman–Crippen LogP) is 5.26. The number of amides is 1. The van der Waals surface area contributed by atoms with Crippen LogP contribution in [0.3, 0.4) is 0 Å². The van der Waals surface area contributed by atoms with Gasteiger partial charge in [0.1, 0.15) is 18.4 Å². The summed E-state index contributed by atoms with van der Waals surface area (Å²) in [7, 11) is 0. The summed E-state index contributed by atoms with van der Waals surface area (Å²) in [5, 5.41) is 20.1. The SMILES string of the molecule is C[C@]12C[C@H](CCCCC(NC(=O)OCc3ccccc3)C(=O)O)C3=C4CCC(=NNC5=NCCN5)C=C4CC[C@H]3[C@@H]1CCC2=O. The second-order valence-electron chi connectivity index (χ2n) is 13.4. The zero-order chi connectivity index (χ0) is 31.4. The third-order valence-electron chi connectivity index (χ3n) is 10.6. The number of allylic oxidation sites excluding steroid dienone is 4. The van der Waals surface area contributed by atoms with Crippen molar-refractivity contribution in [1.82, 2.24) is 16.1 Å². The number of nitrogens with one attached hydrogen (secondary N) is 3. The average molecular weight is 616 g/mol. The second kappa shape index (κ2) is 13.6. The van der Waals surface area contributed by atoms with Gasteiger partial charge in [-0.25, -0.2) is 20.0 Å². The minimum atomic E-state index is -1.06. The summed E-state index contributed by atoms with van der Waals surface area (Å²) in [6.45, 7) is 3.90. The summed E-state index contributed by atoms with van der Waals surface area (Å²) >= 11 is 0. The molecule has 10 nitrogen and oxygen atoms in total. The molecule has 10 heteroatoms. The van der Waals surface area contributed by atoms with Crippen LogP contribution < -0.4 is 16.1 Å². The first-order valence-corrected chi connectivity index (χ1v) is 16.6. The highest BCUT2D eigenvalue weighted by Gasteiger charge is 2.56. The van der Waals surface area contributed by atoms with E-state index in [1.807, 2.05) is 30.3 Å². The number of carboxylic acids is 1. The van der Waals surface area contributed by atoms with E-state index in [1.54, 1.807) is 5.57 Å². The van der Waals surface area contributed by atoms with Crippen molar-refractivity contribution in [2.45, 2.75) is 90.2 Å². The van der Waals surface area contributed by atoms with Gasteiger partial charge >= 0.3 is 12.1 Å². The number of unbranched alkanes of at least 4 members (excludes halogenated alkanes) is 1. The summed E-state index contributed by atoms with van der Waals surface area (Å²) in [5.41, 5.74) is 9.14. The van der Waals surface area contributed by atoms with Crippen LogP contribution in [0, 0.1) is 23.2 Å². The third kappa shape index (κ3) is 6.84. The minimum Gasteiger partial charge on any atom is -0.480 e. The maximum absolute atomic E-state index is 13.2. The van der Waals surface area contributed by atoms with Gasteiger partial charge in [0, 0.05) is 18.4 Å². The average Bonchev–Trinajstić information content (AvgIpc) is 3.67. The Morgan fingerprint density at radius 2 is 2.00 bits per heavy atom. The molecule has 1 heterocycles. The largest absolute Gasteiger partial charge is 0.480 e. The van der Waals surface area contributed by atoms with E-state index < -0.39 is 18.1 Å². The number of aliphatic imine (C=N–C) groups is 1. The van der Waals surface area contributed by atoms with E-state index in [-0.39, 0.29) is 12.0 Å². The number of alkyl carbamates (subject to hydrolysis) is 1. The minimum absolute atomic E-state index is 0.0879. The lowest BCUT2D eigenvalue weighted by Crippen LogP contribution is -2.44. The molecule has 0 saturated heterocycles. The third-order valence-corrected chi connectivity index (χ3v) is 10.6. The number of carbonyl (C=O) groups excluding carboxylic acids is 2. The van der Waals surface area contributed by atoms with Gasteiger partial charge in [0.15, 0.2) is 0 Å². The fourth-order valence-corrected chi connectivity index (χ4v) is 8.46. The number of rotatable bonds is 10. The van der Waals surface area contributed by atoms with Gasteiger partial charge in [-0.2, -0.15) is 5.10 Å². The predicted molar refractivity (Wildman–Crippen MR) is 172 cm³/mol. The van der Waals surface area contributed by atoms with Crippen LogP contribution in [0.2, 0.25) is 0 Å². The Bertz CT molecular complexity index is 1430. The summed E-state index contributed by atoms with van der Waals surface area (Å²) < 4.78 is 5.25. The molecule has 4 aliphatic carbocycles. The van der Waals surface area contributed by atoms with Crippen molar-refractivity contribution in [3.05, 3.63) is 58.7 Å². The summed E-state index contributed by atoms with van der Waals surface area (Å²) in [6, 6.07) is 8.29. The van der Waals surface area contributed by atoms with Gasteiger partial charge in [-0.15, -0.1) is 0 Å². The van der Waals surface area contributed by atoms with Gasteiger partial charge in [-0.1, -0.05) is 55.7 Å². The Balaban J connectivity index is 1.11. The van der Waals surface area contributed by atoms with Crippen molar-refractivity contribution in [3.8, 4) is 0 Å². The number of carboxylic acid groups (broad SMARTS) is 1. The number of fused-ring (bicyclic) bond motifs is 4. The number of benzene rings is 1. The van der Waals surface area contributed by atoms with Crippen LogP contribution in [0.25, 0.3) is 0 Å². The highest BCUT2D eigenvalue weighted by Crippen LogP contribution is 2.61. The zero-order valence-corrected chi connectivity index (χ0v) is 26.1. The van der Waals surface area contributed by atoms with E-state index >= 15 is 0 Å². The van der Waals surface area contributed by atoms with Gasteiger partial charge < -0.3 is 20.5 Å². The normalized spacial score (nSPS) is 28.7. The molecule has 0 aromatic heterocycles. The molecule has 0 bridgehead atoms. The summed E-state index contributed by atoms with van der Waals surface area (Å²) in [4.78, 5) is 41.9. The Morgan fingerprint density at radius 1 is 1.16 bits per heavy atom. The molecule has 2 saturated carbocycles. The van der Waals surface area contributed by atoms with Crippen LogP contribution in [0.1, 0.15) is 83.1 Å². The molecule has 1 aromatic rings. The zero-order valence-electron chi connectivity index (χ0n) is 26.1. The lowest BCUT2D eigenvalue weighted by Gasteiger charge is -2.50. The second-order valence-corrected chi connectivity index (χ2v) is 13.4. The molecule has 5 atom stereocenters. The maximum Gasteiger partial charge on any atom is 0.408 e. The van der Waals surface area contributed by atoms with Gasteiger partial charge in [-0.3, -0.25) is 4.79 Å². The fourth-order valence-electron chi connectivity index (χ4n) is 8.46. The first-order valence-electron chi connectivity index (χ1n) is 16.6. The van der Waals surface area contributed by atoms with Crippen molar-refractivity contribution in [2.75, 3.05) is 13.1 Å². The number of aliphatic carboxylic acids is 1. The van der Waals surface area contributed by atoms with Crippen LogP contribution >= 0.6 is 0 Å². The first kappa shape index (κ1) is 31.0. The Kier molecular flexibility index (Phi) is 9.37. The van der Waals surface area contributed by atoms with Crippen LogP contribution in [0.4, 0.5) is 4.79 Å². The van der Waals surface area contributed by atoms with Gasteiger partial charge in [0.05, 0.1) is 12.3 Å². The number of guanidine groups is 1. The summed E-state index contributed by atoms with van der Waals surface area (Å²) in [5.74, 6) is 1.24. The molecular weight excluding hydrogens is 570 g/mol. The molecule has 1 unspecified atom stereocenters.